The van der Waals surface area contributed by atoms with E-state index in [1.807, 2.05) is 11.3 Å². The fourth-order valence-electron chi connectivity index (χ4n) is 3.21. The average molecular weight is 295 g/mol. The van der Waals surface area contributed by atoms with Gasteiger partial charge in [0.05, 0.1) is 11.2 Å². The topological polar surface area (TPSA) is 28.2 Å². The van der Waals surface area contributed by atoms with E-state index in [-0.39, 0.29) is 5.54 Å². The molecule has 2 rings (SSSR count). The van der Waals surface area contributed by atoms with Crippen molar-refractivity contribution >= 4 is 11.3 Å². The quantitative estimate of drug-likeness (QED) is 0.901. The highest BCUT2D eigenvalue weighted by Crippen LogP contribution is 2.36. The van der Waals surface area contributed by atoms with Crippen molar-refractivity contribution in [1.82, 2.24) is 15.2 Å². The van der Waals surface area contributed by atoms with Crippen LogP contribution in [0.2, 0.25) is 0 Å². The van der Waals surface area contributed by atoms with Crippen LogP contribution in [0.5, 0.6) is 0 Å². The van der Waals surface area contributed by atoms with Crippen molar-refractivity contribution in [3.63, 3.8) is 0 Å². The molecule has 1 aromatic heterocycles. The van der Waals surface area contributed by atoms with E-state index in [2.05, 4.69) is 37.9 Å². The normalized spacial score (nSPS) is 24.8. The number of aromatic nitrogens is 1. The summed E-state index contributed by atoms with van der Waals surface area (Å²) in [6, 6.07) is 0. The minimum absolute atomic E-state index is 0.112. The maximum atomic E-state index is 4.87. The molecule has 2 heterocycles. The minimum atomic E-state index is 0.112. The molecule has 1 aromatic rings. The van der Waals surface area contributed by atoms with Crippen molar-refractivity contribution in [3.8, 4) is 0 Å². The lowest BCUT2D eigenvalue weighted by Gasteiger charge is -2.32. The highest BCUT2D eigenvalue weighted by Gasteiger charge is 2.36. The second-order valence-corrected chi connectivity index (χ2v) is 7.17. The lowest BCUT2D eigenvalue weighted by Crippen LogP contribution is -2.43. The first-order chi connectivity index (χ1) is 9.61. The molecule has 1 aliphatic heterocycles. The second kappa shape index (κ2) is 7.01. The van der Waals surface area contributed by atoms with Crippen LogP contribution in [-0.2, 0) is 5.54 Å². The van der Waals surface area contributed by atoms with Gasteiger partial charge in [-0.3, -0.25) is 0 Å². The summed E-state index contributed by atoms with van der Waals surface area (Å²) in [5.41, 5.74) is 1.32. The molecule has 0 amide bonds. The van der Waals surface area contributed by atoms with Gasteiger partial charge in [0.1, 0.15) is 5.01 Å². The number of thiazole rings is 1. The summed E-state index contributed by atoms with van der Waals surface area (Å²) < 4.78 is 0. The van der Waals surface area contributed by atoms with E-state index >= 15 is 0 Å². The number of hydrogen-bond donors (Lipinski definition) is 1. The van der Waals surface area contributed by atoms with Crippen LogP contribution in [0.1, 0.15) is 55.1 Å². The van der Waals surface area contributed by atoms with Gasteiger partial charge < -0.3 is 10.2 Å². The molecule has 4 heteroatoms. The Morgan fingerprint density at radius 1 is 1.25 bits per heavy atom. The summed E-state index contributed by atoms with van der Waals surface area (Å²) in [6.45, 7) is 13.5. The molecule has 0 aliphatic carbocycles. The Hall–Kier alpha value is -0.450. The Kier molecular flexibility index (Phi) is 5.58. The zero-order chi connectivity index (χ0) is 14.6. The van der Waals surface area contributed by atoms with E-state index in [1.54, 1.807) is 0 Å². The highest BCUT2D eigenvalue weighted by atomic mass is 32.1. The largest absolute Gasteiger partial charge is 0.306 e. The standard InChI is InChI=1S/C16H29N3S/c1-5-10-19-11-7-8-16(9-12-19,17-6-2)15-18-13(3)14(4)20-15/h17H,5-12H2,1-4H3. The van der Waals surface area contributed by atoms with Crippen molar-refractivity contribution < 1.29 is 0 Å². The van der Waals surface area contributed by atoms with Crippen molar-refractivity contribution in [1.29, 1.82) is 0 Å². The predicted molar refractivity (Wildman–Crippen MR) is 87.5 cm³/mol. The number of nitrogens with one attached hydrogen (secondary N) is 1. The zero-order valence-corrected chi connectivity index (χ0v) is 14.3. The van der Waals surface area contributed by atoms with Gasteiger partial charge in [-0.2, -0.15) is 0 Å². The van der Waals surface area contributed by atoms with Crippen molar-refractivity contribution in [2.24, 2.45) is 0 Å². The predicted octanol–water partition coefficient (Wildman–Crippen LogP) is 3.46. The number of likely N-dealkylation sites (tertiary alicyclic amines) is 1. The molecule has 0 saturated carbocycles. The summed E-state index contributed by atoms with van der Waals surface area (Å²) in [7, 11) is 0. The SMILES string of the molecule is CCCN1CCCC(NCC)(c2nc(C)c(C)s2)CC1. The molecular weight excluding hydrogens is 266 g/mol. The van der Waals surface area contributed by atoms with Crippen LogP contribution in [0.4, 0.5) is 0 Å². The molecule has 1 N–H and O–H groups in total. The molecule has 1 unspecified atom stereocenters. The Bertz CT molecular complexity index is 410. The summed E-state index contributed by atoms with van der Waals surface area (Å²) in [5.74, 6) is 0. The fraction of sp³-hybridized carbons (Fsp3) is 0.812. The number of nitrogens with zero attached hydrogens (tertiary/aromatic N) is 2. The Labute approximate surface area is 127 Å². The van der Waals surface area contributed by atoms with Gasteiger partial charge in [0, 0.05) is 11.4 Å². The van der Waals surface area contributed by atoms with Crippen molar-refractivity contribution in [3.05, 3.63) is 15.6 Å². The van der Waals surface area contributed by atoms with Crippen LogP contribution in [0.3, 0.4) is 0 Å². The molecule has 1 saturated heterocycles. The third kappa shape index (κ3) is 3.41. The molecule has 1 aliphatic rings. The number of aryl methyl sites for hydroxylation is 2. The monoisotopic (exact) mass is 295 g/mol. The molecule has 0 aromatic carbocycles. The maximum Gasteiger partial charge on any atom is 0.113 e. The average Bonchev–Trinajstić information content (AvgIpc) is 2.63. The van der Waals surface area contributed by atoms with Gasteiger partial charge in [-0.25, -0.2) is 4.98 Å². The van der Waals surface area contributed by atoms with E-state index < -0.39 is 0 Å². The fourth-order valence-corrected chi connectivity index (χ4v) is 4.35. The van der Waals surface area contributed by atoms with Gasteiger partial charge >= 0.3 is 0 Å². The first-order valence-corrected chi connectivity index (χ1v) is 8.85. The van der Waals surface area contributed by atoms with E-state index in [9.17, 15) is 0 Å². The van der Waals surface area contributed by atoms with E-state index in [1.165, 1.54) is 60.9 Å². The van der Waals surface area contributed by atoms with Crippen molar-refractivity contribution in [2.75, 3.05) is 26.2 Å². The Morgan fingerprint density at radius 2 is 2.05 bits per heavy atom. The highest BCUT2D eigenvalue weighted by molar-refractivity contribution is 7.11. The number of rotatable bonds is 5. The van der Waals surface area contributed by atoms with Gasteiger partial charge in [0.25, 0.3) is 0 Å². The van der Waals surface area contributed by atoms with Gasteiger partial charge in [-0.1, -0.05) is 13.8 Å². The van der Waals surface area contributed by atoms with Crippen molar-refractivity contribution in [2.45, 2.75) is 58.9 Å². The Balaban J connectivity index is 2.21. The first kappa shape index (κ1) is 15.9. The van der Waals surface area contributed by atoms with Gasteiger partial charge in [0.2, 0.25) is 0 Å². The molecule has 20 heavy (non-hydrogen) atoms. The molecule has 1 atom stereocenters. The molecular formula is C16H29N3S. The lowest BCUT2D eigenvalue weighted by atomic mass is 9.91. The zero-order valence-electron chi connectivity index (χ0n) is 13.5. The molecule has 0 radical (unpaired) electrons. The minimum Gasteiger partial charge on any atom is -0.306 e. The maximum absolute atomic E-state index is 4.87. The second-order valence-electron chi connectivity index (χ2n) is 5.97. The van der Waals surface area contributed by atoms with Crippen LogP contribution in [0.25, 0.3) is 0 Å². The summed E-state index contributed by atoms with van der Waals surface area (Å²) >= 11 is 1.89. The molecule has 3 nitrogen and oxygen atoms in total. The molecule has 0 spiro atoms. The Morgan fingerprint density at radius 3 is 2.65 bits per heavy atom. The van der Waals surface area contributed by atoms with Gasteiger partial charge in [0.15, 0.2) is 0 Å². The lowest BCUT2D eigenvalue weighted by molar-refractivity contribution is 0.258. The van der Waals surface area contributed by atoms with Crippen LogP contribution in [-0.4, -0.2) is 36.1 Å². The van der Waals surface area contributed by atoms with Gasteiger partial charge in [-0.15, -0.1) is 11.3 Å². The van der Waals surface area contributed by atoms with Gasteiger partial charge in [-0.05, 0) is 59.2 Å². The summed E-state index contributed by atoms with van der Waals surface area (Å²) in [5, 5.41) is 5.09. The molecule has 0 bridgehead atoms. The summed E-state index contributed by atoms with van der Waals surface area (Å²) in [6.07, 6.45) is 4.93. The first-order valence-electron chi connectivity index (χ1n) is 8.03. The van der Waals surface area contributed by atoms with Crippen LogP contribution < -0.4 is 5.32 Å². The van der Waals surface area contributed by atoms with Crippen LogP contribution in [0.15, 0.2) is 0 Å². The van der Waals surface area contributed by atoms with Crippen LogP contribution >= 0.6 is 11.3 Å². The van der Waals surface area contributed by atoms with E-state index in [4.69, 9.17) is 4.98 Å². The molecule has 1 fully saturated rings. The smallest absolute Gasteiger partial charge is 0.113 e. The number of hydrogen-bond acceptors (Lipinski definition) is 4. The molecule has 114 valence electrons. The third-order valence-electron chi connectivity index (χ3n) is 4.43. The summed E-state index contributed by atoms with van der Waals surface area (Å²) in [4.78, 5) is 8.86. The van der Waals surface area contributed by atoms with E-state index in [0.717, 1.165) is 6.54 Å². The van der Waals surface area contributed by atoms with E-state index in [0.29, 0.717) is 0 Å². The van der Waals surface area contributed by atoms with Crippen LogP contribution in [0, 0.1) is 13.8 Å². The third-order valence-corrected chi connectivity index (χ3v) is 5.70.